The van der Waals surface area contributed by atoms with Crippen molar-refractivity contribution < 1.29 is 9.90 Å². The van der Waals surface area contributed by atoms with Gasteiger partial charge in [0.05, 0.1) is 5.56 Å². The van der Waals surface area contributed by atoms with Gasteiger partial charge in [0.15, 0.2) is 0 Å². The van der Waals surface area contributed by atoms with Crippen LogP contribution in [0.25, 0.3) is 0 Å². The fourth-order valence-corrected chi connectivity index (χ4v) is 1.98. The Morgan fingerprint density at radius 1 is 1.15 bits per heavy atom. The lowest BCUT2D eigenvalue weighted by Gasteiger charge is -2.02. The van der Waals surface area contributed by atoms with Crippen molar-refractivity contribution in [2.75, 3.05) is 12.5 Å². The van der Waals surface area contributed by atoms with E-state index in [2.05, 4.69) is 0 Å². The molecule has 0 heterocycles. The van der Waals surface area contributed by atoms with Crippen LogP contribution in [0.4, 0.5) is 0 Å². The van der Waals surface area contributed by atoms with Crippen molar-refractivity contribution in [3.8, 4) is 0 Å². The van der Waals surface area contributed by atoms with E-state index in [0.717, 1.165) is 9.79 Å². The van der Waals surface area contributed by atoms with Crippen LogP contribution in [-0.2, 0) is 0 Å². The molecule has 70 valence electrons. The molecular formula is C9H10O2S2. The zero-order valence-corrected chi connectivity index (χ0v) is 9.04. The number of thioether (sulfide) groups is 2. The SMILES string of the molecule is CSc1cc(SC)cc(C(=O)O)c1. The number of hydrogen-bond donors (Lipinski definition) is 1. The van der Waals surface area contributed by atoms with Crippen LogP contribution < -0.4 is 0 Å². The van der Waals surface area contributed by atoms with Gasteiger partial charge in [-0.25, -0.2) is 4.79 Å². The number of benzene rings is 1. The van der Waals surface area contributed by atoms with Crippen LogP contribution in [0, 0.1) is 0 Å². The fraction of sp³-hybridized carbons (Fsp3) is 0.222. The second-order valence-electron chi connectivity index (χ2n) is 2.41. The van der Waals surface area contributed by atoms with Gasteiger partial charge in [0.1, 0.15) is 0 Å². The van der Waals surface area contributed by atoms with Gasteiger partial charge in [0.2, 0.25) is 0 Å². The number of hydrogen-bond acceptors (Lipinski definition) is 3. The molecule has 0 spiro atoms. The zero-order valence-electron chi connectivity index (χ0n) is 7.40. The number of rotatable bonds is 3. The molecule has 1 aromatic rings. The van der Waals surface area contributed by atoms with Crippen LogP contribution >= 0.6 is 23.5 Å². The summed E-state index contributed by atoms with van der Waals surface area (Å²) in [5, 5.41) is 8.81. The van der Waals surface area contributed by atoms with Gasteiger partial charge in [0.25, 0.3) is 0 Å². The topological polar surface area (TPSA) is 37.3 Å². The van der Waals surface area contributed by atoms with Crippen LogP contribution in [0.2, 0.25) is 0 Å². The Kier molecular flexibility index (Phi) is 3.69. The normalized spacial score (nSPS) is 10.0. The van der Waals surface area contributed by atoms with Crippen molar-refractivity contribution in [3.05, 3.63) is 23.8 Å². The molecule has 0 amide bonds. The predicted octanol–water partition coefficient (Wildman–Crippen LogP) is 2.83. The Hall–Kier alpha value is -0.610. The van der Waals surface area contributed by atoms with Crippen molar-refractivity contribution >= 4 is 29.5 Å². The molecule has 0 aliphatic heterocycles. The van der Waals surface area contributed by atoms with Gasteiger partial charge in [-0.05, 0) is 30.7 Å². The van der Waals surface area contributed by atoms with Gasteiger partial charge in [-0.15, -0.1) is 23.5 Å². The minimum Gasteiger partial charge on any atom is -0.478 e. The molecule has 1 rings (SSSR count). The van der Waals surface area contributed by atoms with E-state index in [9.17, 15) is 4.79 Å². The molecule has 0 radical (unpaired) electrons. The highest BCUT2D eigenvalue weighted by molar-refractivity contribution is 7.99. The Morgan fingerprint density at radius 3 is 1.92 bits per heavy atom. The lowest BCUT2D eigenvalue weighted by atomic mass is 10.2. The first kappa shape index (κ1) is 10.5. The molecule has 0 saturated heterocycles. The highest BCUT2D eigenvalue weighted by atomic mass is 32.2. The molecule has 0 saturated carbocycles. The summed E-state index contributed by atoms with van der Waals surface area (Å²) in [7, 11) is 0. The smallest absolute Gasteiger partial charge is 0.335 e. The first-order chi connectivity index (χ1) is 6.17. The summed E-state index contributed by atoms with van der Waals surface area (Å²) in [4.78, 5) is 12.7. The highest BCUT2D eigenvalue weighted by Gasteiger charge is 2.05. The summed E-state index contributed by atoms with van der Waals surface area (Å²) < 4.78 is 0. The van der Waals surface area contributed by atoms with Gasteiger partial charge < -0.3 is 5.11 Å². The number of carbonyl (C=O) groups is 1. The molecule has 4 heteroatoms. The lowest BCUT2D eigenvalue weighted by Crippen LogP contribution is -1.96. The third-order valence-electron chi connectivity index (χ3n) is 1.60. The van der Waals surface area contributed by atoms with Crippen LogP contribution in [0.1, 0.15) is 10.4 Å². The molecule has 13 heavy (non-hydrogen) atoms. The first-order valence-corrected chi connectivity index (χ1v) is 6.08. The maximum absolute atomic E-state index is 10.7. The lowest BCUT2D eigenvalue weighted by molar-refractivity contribution is 0.0696. The van der Waals surface area contributed by atoms with E-state index in [-0.39, 0.29) is 0 Å². The second kappa shape index (κ2) is 4.58. The molecule has 0 aromatic heterocycles. The molecule has 2 nitrogen and oxygen atoms in total. The van der Waals surface area contributed by atoms with Crippen LogP contribution in [0.3, 0.4) is 0 Å². The number of carboxylic acid groups (broad SMARTS) is 1. The monoisotopic (exact) mass is 214 g/mol. The minimum absolute atomic E-state index is 0.358. The number of carboxylic acids is 1. The van der Waals surface area contributed by atoms with Crippen molar-refractivity contribution in [1.82, 2.24) is 0 Å². The van der Waals surface area contributed by atoms with Gasteiger partial charge in [-0.2, -0.15) is 0 Å². The van der Waals surface area contributed by atoms with Crippen LogP contribution in [-0.4, -0.2) is 23.6 Å². The van der Waals surface area contributed by atoms with E-state index >= 15 is 0 Å². The Balaban J connectivity index is 3.14. The average molecular weight is 214 g/mol. The van der Waals surface area contributed by atoms with Gasteiger partial charge >= 0.3 is 5.97 Å². The fourth-order valence-electron chi connectivity index (χ4n) is 0.931. The molecule has 0 aliphatic carbocycles. The van der Waals surface area contributed by atoms with E-state index in [1.807, 2.05) is 18.6 Å². The standard InChI is InChI=1S/C9H10O2S2/c1-12-7-3-6(9(10)11)4-8(5-7)13-2/h3-5H,1-2H3,(H,10,11). The maximum Gasteiger partial charge on any atom is 0.335 e. The zero-order chi connectivity index (χ0) is 9.84. The molecule has 0 bridgehead atoms. The molecule has 0 fully saturated rings. The van der Waals surface area contributed by atoms with Crippen molar-refractivity contribution in [2.45, 2.75) is 9.79 Å². The first-order valence-electron chi connectivity index (χ1n) is 3.63. The van der Waals surface area contributed by atoms with E-state index in [1.54, 1.807) is 35.7 Å². The van der Waals surface area contributed by atoms with E-state index < -0.39 is 5.97 Å². The summed E-state index contributed by atoms with van der Waals surface area (Å²) in [5.41, 5.74) is 0.358. The second-order valence-corrected chi connectivity index (χ2v) is 4.17. The van der Waals surface area contributed by atoms with E-state index in [4.69, 9.17) is 5.11 Å². The molecule has 0 atom stereocenters. The van der Waals surface area contributed by atoms with Crippen molar-refractivity contribution in [3.63, 3.8) is 0 Å². The van der Waals surface area contributed by atoms with Gasteiger partial charge in [-0.3, -0.25) is 0 Å². The molecule has 1 N–H and O–H groups in total. The van der Waals surface area contributed by atoms with Crippen molar-refractivity contribution in [1.29, 1.82) is 0 Å². The summed E-state index contributed by atoms with van der Waals surface area (Å²) >= 11 is 3.11. The Labute approximate surface area is 85.7 Å². The van der Waals surface area contributed by atoms with Crippen molar-refractivity contribution in [2.24, 2.45) is 0 Å². The van der Waals surface area contributed by atoms with Crippen LogP contribution in [0.15, 0.2) is 28.0 Å². The van der Waals surface area contributed by atoms with E-state index in [1.165, 1.54) is 0 Å². The molecule has 1 aromatic carbocycles. The maximum atomic E-state index is 10.7. The third-order valence-corrected chi connectivity index (χ3v) is 3.01. The summed E-state index contributed by atoms with van der Waals surface area (Å²) in [5.74, 6) is -0.869. The highest BCUT2D eigenvalue weighted by Crippen LogP contribution is 2.24. The average Bonchev–Trinajstić information content (AvgIpc) is 2.16. The summed E-state index contributed by atoms with van der Waals surface area (Å²) in [6.07, 6.45) is 3.87. The van der Waals surface area contributed by atoms with E-state index in [0.29, 0.717) is 5.56 Å². The molecule has 0 aliphatic rings. The largest absolute Gasteiger partial charge is 0.478 e. The van der Waals surface area contributed by atoms with Gasteiger partial charge in [-0.1, -0.05) is 0 Å². The molecule has 0 unspecified atom stereocenters. The summed E-state index contributed by atoms with van der Waals surface area (Å²) in [6.45, 7) is 0. The quantitative estimate of drug-likeness (QED) is 0.785. The predicted molar refractivity (Wildman–Crippen MR) is 57.0 cm³/mol. The summed E-state index contributed by atoms with van der Waals surface area (Å²) in [6, 6.07) is 5.36. The van der Waals surface area contributed by atoms with Gasteiger partial charge in [0, 0.05) is 9.79 Å². The minimum atomic E-state index is -0.869. The number of aromatic carboxylic acids is 1. The van der Waals surface area contributed by atoms with Crippen LogP contribution in [0.5, 0.6) is 0 Å². The third kappa shape index (κ3) is 2.67. The Morgan fingerprint density at radius 2 is 1.62 bits per heavy atom. The molecular weight excluding hydrogens is 204 g/mol. The Bertz CT molecular complexity index is 301.